The third-order valence-electron chi connectivity index (χ3n) is 10.2. The van der Waals surface area contributed by atoms with Crippen LogP contribution in [-0.4, -0.2) is 108 Å². The van der Waals surface area contributed by atoms with E-state index in [1.807, 2.05) is 44.2 Å². The molecule has 3 N–H and O–H groups in total. The molecule has 4 aromatic rings. The maximum Gasteiger partial charge on any atom is 0.267 e. The largest absolute Gasteiger partial charge is 0.369 e. The number of nitrogens with one attached hydrogen (secondary N) is 3. The van der Waals surface area contributed by atoms with E-state index in [1.54, 1.807) is 12.3 Å². The first kappa shape index (κ1) is 36.7. The van der Waals surface area contributed by atoms with E-state index < -0.39 is 0 Å². The highest BCUT2D eigenvalue weighted by atomic mass is 35.5. The number of para-hydroxylation sites is 1. The highest BCUT2D eigenvalue weighted by molar-refractivity contribution is 7.17. The number of imide groups is 1. The fraction of sp³-hybridized carbons (Fsp3) is 0.421. The Labute approximate surface area is 318 Å². The van der Waals surface area contributed by atoms with Crippen LogP contribution in [0.1, 0.15) is 51.8 Å². The molecular formula is C38H45ClN10O3S. The molecule has 15 heteroatoms. The Morgan fingerprint density at radius 1 is 0.925 bits per heavy atom. The van der Waals surface area contributed by atoms with Crippen LogP contribution in [0.3, 0.4) is 0 Å². The van der Waals surface area contributed by atoms with Crippen LogP contribution in [0.25, 0.3) is 0 Å². The van der Waals surface area contributed by atoms with Crippen LogP contribution in [0.5, 0.6) is 0 Å². The molecule has 7 rings (SSSR count). The lowest BCUT2D eigenvalue weighted by molar-refractivity contribution is -0.134. The van der Waals surface area contributed by atoms with Gasteiger partial charge < -0.3 is 20.4 Å². The molecule has 278 valence electrons. The summed E-state index contributed by atoms with van der Waals surface area (Å²) in [6.07, 6.45) is 3.65. The van der Waals surface area contributed by atoms with Gasteiger partial charge in [0.05, 0.1) is 22.8 Å². The molecule has 3 aliphatic heterocycles. The molecule has 5 heterocycles. The number of aryl methyl sites for hydroxylation is 2. The predicted molar refractivity (Wildman–Crippen MR) is 210 cm³/mol. The predicted octanol–water partition coefficient (Wildman–Crippen LogP) is 5.05. The van der Waals surface area contributed by atoms with Crippen molar-refractivity contribution in [3.8, 4) is 0 Å². The fourth-order valence-electron chi connectivity index (χ4n) is 7.17. The first-order valence-corrected chi connectivity index (χ1v) is 19.4. The summed E-state index contributed by atoms with van der Waals surface area (Å²) < 4.78 is 0. The van der Waals surface area contributed by atoms with Gasteiger partial charge in [-0.1, -0.05) is 47.2 Å². The zero-order chi connectivity index (χ0) is 36.9. The van der Waals surface area contributed by atoms with Crippen molar-refractivity contribution >= 4 is 68.8 Å². The topological polar surface area (TPSA) is 139 Å². The Morgan fingerprint density at radius 3 is 2.30 bits per heavy atom. The van der Waals surface area contributed by atoms with Crippen LogP contribution in [0.15, 0.2) is 54.7 Å². The van der Waals surface area contributed by atoms with Gasteiger partial charge in [-0.25, -0.2) is 15.0 Å². The van der Waals surface area contributed by atoms with Crippen LogP contribution >= 0.6 is 22.9 Å². The highest BCUT2D eigenvalue weighted by Crippen LogP contribution is 2.30. The van der Waals surface area contributed by atoms with Crippen molar-refractivity contribution in [1.29, 1.82) is 0 Å². The van der Waals surface area contributed by atoms with Gasteiger partial charge in [0.2, 0.25) is 11.8 Å². The van der Waals surface area contributed by atoms with Gasteiger partial charge in [-0.2, -0.15) is 0 Å². The maximum atomic E-state index is 12.9. The molecule has 1 atom stereocenters. The van der Waals surface area contributed by atoms with Crippen molar-refractivity contribution in [3.05, 3.63) is 81.6 Å². The molecule has 2 aromatic carbocycles. The Balaban J connectivity index is 0.829. The molecule has 0 aliphatic carbocycles. The highest BCUT2D eigenvalue weighted by Gasteiger charge is 2.28. The second-order valence-electron chi connectivity index (χ2n) is 13.8. The number of carbonyl (C=O) groups excluding carboxylic acids is 3. The number of hydrogen-bond donors (Lipinski definition) is 3. The average Bonchev–Trinajstić information content (AvgIpc) is 3.62. The van der Waals surface area contributed by atoms with Gasteiger partial charge in [-0.15, -0.1) is 0 Å². The molecule has 3 amide bonds. The molecule has 0 saturated carbocycles. The number of halogens is 1. The Morgan fingerprint density at radius 2 is 1.62 bits per heavy atom. The number of thiazole rings is 1. The standard InChI is InChI=1S/C38H45ClN10O3S/c1-25-5-3-6-30(39)35(25)45-37(52)31-24-40-38(53-31)43-32-23-33(42-26(2)41-32)49-21-17-47(18-22-49)14-4-13-46-15-19-48(20-16-46)28-9-7-27(8-10-28)29-11-12-34(50)44-36(29)51/h3,5-10,23-24,29H,4,11-22H2,1-2H3,(H,45,52)(H,44,50,51)(H,40,41,42,43). The van der Waals surface area contributed by atoms with Crippen LogP contribution < -0.4 is 25.8 Å². The second kappa shape index (κ2) is 16.6. The lowest BCUT2D eigenvalue weighted by atomic mass is 9.90. The number of amides is 3. The molecule has 2 aromatic heterocycles. The Kier molecular flexibility index (Phi) is 11.5. The van der Waals surface area contributed by atoms with Crippen molar-refractivity contribution in [2.45, 2.75) is 39.0 Å². The van der Waals surface area contributed by atoms with E-state index in [9.17, 15) is 14.4 Å². The van der Waals surface area contributed by atoms with Gasteiger partial charge in [-0.3, -0.25) is 29.5 Å². The number of piperidine rings is 1. The zero-order valence-corrected chi connectivity index (χ0v) is 31.7. The van der Waals surface area contributed by atoms with E-state index in [4.69, 9.17) is 16.6 Å². The van der Waals surface area contributed by atoms with Crippen LogP contribution in [0.2, 0.25) is 5.02 Å². The maximum absolute atomic E-state index is 12.9. The minimum atomic E-state index is -0.264. The summed E-state index contributed by atoms with van der Waals surface area (Å²) in [5, 5.41) is 9.69. The first-order valence-electron chi connectivity index (χ1n) is 18.2. The van der Waals surface area contributed by atoms with E-state index in [2.05, 4.69) is 57.7 Å². The third-order valence-corrected chi connectivity index (χ3v) is 11.4. The molecule has 13 nitrogen and oxygen atoms in total. The first-order chi connectivity index (χ1) is 25.7. The average molecular weight is 757 g/mol. The molecule has 3 saturated heterocycles. The van der Waals surface area contributed by atoms with Gasteiger partial charge in [0, 0.05) is 70.5 Å². The number of piperazine rings is 2. The van der Waals surface area contributed by atoms with Crippen LogP contribution in [-0.2, 0) is 9.59 Å². The molecule has 1 unspecified atom stereocenters. The van der Waals surface area contributed by atoms with E-state index in [0.717, 1.165) is 88.8 Å². The number of nitrogens with zero attached hydrogens (tertiary/aromatic N) is 7. The van der Waals surface area contributed by atoms with E-state index in [-0.39, 0.29) is 23.6 Å². The summed E-state index contributed by atoms with van der Waals surface area (Å²) in [5.41, 5.74) is 3.65. The van der Waals surface area contributed by atoms with E-state index >= 15 is 0 Å². The SMILES string of the molecule is Cc1nc(Nc2ncc(C(=O)Nc3c(C)cccc3Cl)s2)cc(N2CCN(CCCN3CCN(c4ccc(C5CCC(=O)NC5=O)cc4)CC3)CC2)n1. The molecule has 0 bridgehead atoms. The molecular weight excluding hydrogens is 712 g/mol. The summed E-state index contributed by atoms with van der Waals surface area (Å²) in [5.74, 6) is 1.31. The molecule has 53 heavy (non-hydrogen) atoms. The number of rotatable bonds is 11. The van der Waals surface area contributed by atoms with Crippen molar-refractivity contribution in [2.75, 3.05) is 85.9 Å². The second-order valence-corrected chi connectivity index (χ2v) is 15.2. The summed E-state index contributed by atoms with van der Waals surface area (Å²) in [6, 6.07) is 15.7. The van der Waals surface area contributed by atoms with Crippen LogP contribution in [0.4, 0.5) is 28.1 Å². The monoisotopic (exact) mass is 756 g/mol. The summed E-state index contributed by atoms with van der Waals surface area (Å²) in [4.78, 5) is 60.7. The van der Waals surface area contributed by atoms with Gasteiger partial charge in [0.25, 0.3) is 5.91 Å². The summed E-state index contributed by atoms with van der Waals surface area (Å²) >= 11 is 7.55. The van der Waals surface area contributed by atoms with Gasteiger partial charge >= 0.3 is 0 Å². The number of hydrogen-bond acceptors (Lipinski definition) is 12. The van der Waals surface area contributed by atoms with Gasteiger partial charge in [0.1, 0.15) is 22.3 Å². The minimum Gasteiger partial charge on any atom is -0.369 e. The number of benzene rings is 2. The smallest absolute Gasteiger partial charge is 0.267 e. The van der Waals surface area contributed by atoms with Gasteiger partial charge in [0.15, 0.2) is 5.13 Å². The molecule has 3 fully saturated rings. The van der Waals surface area contributed by atoms with Gasteiger partial charge in [-0.05, 0) is 69.1 Å². The molecule has 0 radical (unpaired) electrons. The minimum absolute atomic E-state index is 0.180. The Hall–Kier alpha value is -4.63. The lowest BCUT2D eigenvalue weighted by Gasteiger charge is -2.38. The normalized spacial score (nSPS) is 18.6. The summed E-state index contributed by atoms with van der Waals surface area (Å²) in [7, 11) is 0. The number of anilines is 5. The molecule has 3 aliphatic rings. The van der Waals surface area contributed by atoms with Crippen molar-refractivity contribution in [1.82, 2.24) is 30.1 Å². The quantitative estimate of drug-likeness (QED) is 0.177. The van der Waals surface area contributed by atoms with Crippen LogP contribution in [0, 0.1) is 13.8 Å². The third kappa shape index (κ3) is 9.13. The van der Waals surface area contributed by atoms with E-state index in [0.29, 0.717) is 45.2 Å². The number of carbonyl (C=O) groups is 3. The number of aromatic nitrogens is 3. The lowest BCUT2D eigenvalue weighted by Crippen LogP contribution is -2.49. The molecule has 0 spiro atoms. The van der Waals surface area contributed by atoms with Crippen molar-refractivity contribution in [2.24, 2.45) is 0 Å². The summed E-state index contributed by atoms with van der Waals surface area (Å²) in [6.45, 7) is 13.7. The van der Waals surface area contributed by atoms with Crippen molar-refractivity contribution in [3.63, 3.8) is 0 Å². The zero-order valence-electron chi connectivity index (χ0n) is 30.1. The van der Waals surface area contributed by atoms with E-state index in [1.165, 1.54) is 17.0 Å². The Bertz CT molecular complexity index is 1920. The fourth-order valence-corrected chi connectivity index (χ4v) is 8.15. The van der Waals surface area contributed by atoms with Crippen molar-refractivity contribution < 1.29 is 14.4 Å².